The van der Waals surface area contributed by atoms with Crippen LogP contribution in [-0.4, -0.2) is 13.1 Å². The minimum absolute atomic E-state index is 0.348. The van der Waals surface area contributed by atoms with E-state index in [1.165, 1.54) is 0 Å². The number of aryl methyl sites for hydroxylation is 1. The van der Waals surface area contributed by atoms with Crippen LogP contribution in [0.15, 0.2) is 84.9 Å². The van der Waals surface area contributed by atoms with Crippen LogP contribution in [0.5, 0.6) is 28.7 Å². The number of hydrogen-bond donors (Lipinski definition) is 0. The number of benzene rings is 4. The maximum Gasteiger partial charge on any atom is 0.343 e. The van der Waals surface area contributed by atoms with Gasteiger partial charge in [0.25, 0.3) is 0 Å². The van der Waals surface area contributed by atoms with E-state index in [0.29, 0.717) is 47.5 Å². The molecule has 45 heavy (non-hydrogen) atoms. The summed E-state index contributed by atoms with van der Waals surface area (Å²) < 4.78 is 31.3. The molecule has 0 radical (unpaired) electrons. The van der Waals surface area contributed by atoms with Crippen molar-refractivity contribution in [3.05, 3.63) is 113 Å². The third-order valence-corrected chi connectivity index (χ3v) is 8.26. The highest BCUT2D eigenvalue weighted by atomic mass is 16.6. The van der Waals surface area contributed by atoms with Crippen molar-refractivity contribution in [2.24, 2.45) is 0 Å². The molecule has 1 aliphatic rings. The SMILES string of the molecule is CCCCCc1cc(OCc2ccccc2)cc(OCc2ccccc2)c1Oc1cc(OC)cc2c1C(=O)OC2(C)CCCC. The molecular formula is C39H44O6. The molecule has 1 unspecified atom stereocenters. The fourth-order valence-electron chi connectivity index (χ4n) is 5.70. The lowest BCUT2D eigenvalue weighted by molar-refractivity contribution is -0.00409. The fourth-order valence-corrected chi connectivity index (χ4v) is 5.70. The Labute approximate surface area is 267 Å². The highest BCUT2D eigenvalue weighted by molar-refractivity contribution is 5.98. The summed E-state index contributed by atoms with van der Waals surface area (Å²) in [7, 11) is 1.62. The van der Waals surface area contributed by atoms with Crippen LogP contribution in [0.2, 0.25) is 0 Å². The number of esters is 1. The molecule has 1 heterocycles. The molecule has 0 saturated heterocycles. The van der Waals surface area contributed by atoms with E-state index in [1.807, 2.05) is 85.8 Å². The molecule has 4 aromatic carbocycles. The third kappa shape index (κ3) is 7.80. The van der Waals surface area contributed by atoms with Crippen LogP contribution >= 0.6 is 0 Å². The predicted octanol–water partition coefficient (Wildman–Crippen LogP) is 9.95. The summed E-state index contributed by atoms with van der Waals surface area (Å²) in [6.45, 7) is 7.07. The van der Waals surface area contributed by atoms with Crippen LogP contribution in [0, 0.1) is 0 Å². The van der Waals surface area contributed by atoms with E-state index in [2.05, 4.69) is 13.8 Å². The second kappa shape index (κ2) is 15.0. The molecule has 0 fully saturated rings. The first-order chi connectivity index (χ1) is 21.9. The number of hydrogen-bond acceptors (Lipinski definition) is 6. The summed E-state index contributed by atoms with van der Waals surface area (Å²) in [5, 5.41) is 0. The van der Waals surface area contributed by atoms with Gasteiger partial charge in [0.15, 0.2) is 11.5 Å². The van der Waals surface area contributed by atoms with Gasteiger partial charge < -0.3 is 23.7 Å². The van der Waals surface area contributed by atoms with E-state index in [-0.39, 0.29) is 5.97 Å². The van der Waals surface area contributed by atoms with Gasteiger partial charge in [-0.2, -0.15) is 0 Å². The van der Waals surface area contributed by atoms with Gasteiger partial charge >= 0.3 is 5.97 Å². The van der Waals surface area contributed by atoms with Crippen molar-refractivity contribution >= 4 is 5.97 Å². The molecule has 0 saturated carbocycles. The molecule has 0 bridgehead atoms. The normalized spacial score (nSPS) is 15.3. The molecule has 0 spiro atoms. The summed E-state index contributed by atoms with van der Waals surface area (Å²) in [5.41, 5.74) is 3.54. The van der Waals surface area contributed by atoms with Gasteiger partial charge in [-0.25, -0.2) is 4.79 Å². The third-order valence-electron chi connectivity index (χ3n) is 8.26. The molecule has 6 nitrogen and oxygen atoms in total. The number of cyclic esters (lactones) is 1. The average Bonchev–Trinajstić information content (AvgIpc) is 3.33. The van der Waals surface area contributed by atoms with Gasteiger partial charge in [0, 0.05) is 23.3 Å². The number of carbonyl (C=O) groups is 1. The number of ether oxygens (including phenoxy) is 5. The first-order valence-electron chi connectivity index (χ1n) is 16.1. The quantitative estimate of drug-likeness (QED) is 0.0932. The molecule has 6 heteroatoms. The lowest BCUT2D eigenvalue weighted by Crippen LogP contribution is -2.21. The highest BCUT2D eigenvalue weighted by Crippen LogP contribution is 2.48. The Morgan fingerprint density at radius 1 is 0.733 bits per heavy atom. The molecule has 5 rings (SSSR count). The zero-order valence-electron chi connectivity index (χ0n) is 26.9. The van der Waals surface area contributed by atoms with Crippen molar-refractivity contribution in [1.82, 2.24) is 0 Å². The number of methoxy groups -OCH3 is 1. The van der Waals surface area contributed by atoms with E-state index < -0.39 is 5.60 Å². The number of rotatable bonds is 16. The maximum absolute atomic E-state index is 13.4. The van der Waals surface area contributed by atoms with Crippen molar-refractivity contribution in [2.45, 2.75) is 84.5 Å². The van der Waals surface area contributed by atoms with E-state index in [0.717, 1.165) is 67.2 Å². The summed E-state index contributed by atoms with van der Waals surface area (Å²) in [5.74, 6) is 2.43. The Hall–Kier alpha value is -4.45. The Morgan fingerprint density at radius 3 is 2.02 bits per heavy atom. The Kier molecular flexibility index (Phi) is 10.7. The highest BCUT2D eigenvalue weighted by Gasteiger charge is 2.44. The lowest BCUT2D eigenvalue weighted by Gasteiger charge is -2.24. The predicted molar refractivity (Wildman–Crippen MR) is 177 cm³/mol. The molecule has 0 amide bonds. The molecule has 0 aliphatic carbocycles. The first-order valence-corrected chi connectivity index (χ1v) is 16.1. The molecule has 0 N–H and O–H groups in total. The maximum atomic E-state index is 13.4. The molecule has 236 valence electrons. The first kappa shape index (κ1) is 32.0. The van der Waals surface area contributed by atoms with Crippen molar-refractivity contribution in [1.29, 1.82) is 0 Å². The molecule has 4 aromatic rings. The van der Waals surface area contributed by atoms with Gasteiger partial charge in [-0.3, -0.25) is 0 Å². The fraction of sp³-hybridized carbons (Fsp3) is 0.359. The zero-order valence-corrected chi connectivity index (χ0v) is 26.9. The Bertz CT molecular complexity index is 1570. The van der Waals surface area contributed by atoms with Crippen molar-refractivity contribution in [3.63, 3.8) is 0 Å². The van der Waals surface area contributed by atoms with Gasteiger partial charge in [-0.05, 0) is 55.9 Å². The minimum atomic E-state index is -0.749. The van der Waals surface area contributed by atoms with Crippen LogP contribution in [0.25, 0.3) is 0 Å². The van der Waals surface area contributed by atoms with E-state index in [1.54, 1.807) is 13.2 Å². The average molecular weight is 609 g/mol. The standard InChI is InChI=1S/C39H44O6/c1-5-7-11-20-30-22-32(42-26-28-16-12-9-13-17-28)25-35(43-27-29-18-14-10-15-19-29)37(30)44-34-24-31(41-4)23-33-36(34)38(40)45-39(33,3)21-8-6-2/h9-10,12-19,22-25H,5-8,11,20-21,26-27H2,1-4H3. The van der Waals surface area contributed by atoms with Gasteiger partial charge in [0.2, 0.25) is 0 Å². The molecule has 0 aromatic heterocycles. The molecule has 1 atom stereocenters. The van der Waals surface area contributed by atoms with Crippen molar-refractivity contribution in [2.75, 3.05) is 7.11 Å². The van der Waals surface area contributed by atoms with Gasteiger partial charge in [-0.1, -0.05) is 93.8 Å². The van der Waals surface area contributed by atoms with Gasteiger partial charge in [0.05, 0.1) is 7.11 Å². The van der Waals surface area contributed by atoms with Gasteiger partial charge in [-0.15, -0.1) is 0 Å². The van der Waals surface area contributed by atoms with Crippen LogP contribution < -0.4 is 18.9 Å². The number of fused-ring (bicyclic) bond motifs is 1. The summed E-state index contributed by atoms with van der Waals surface area (Å²) in [6.07, 6.45) is 6.54. The molecular weight excluding hydrogens is 564 g/mol. The lowest BCUT2D eigenvalue weighted by atomic mass is 9.89. The zero-order chi connectivity index (χ0) is 31.6. The topological polar surface area (TPSA) is 63.2 Å². The van der Waals surface area contributed by atoms with Crippen LogP contribution in [-0.2, 0) is 30.0 Å². The van der Waals surface area contributed by atoms with Gasteiger partial charge in [0.1, 0.15) is 41.6 Å². The second-order valence-corrected chi connectivity index (χ2v) is 11.8. The van der Waals surface area contributed by atoms with Crippen LogP contribution in [0.4, 0.5) is 0 Å². The monoisotopic (exact) mass is 608 g/mol. The number of unbranched alkanes of at least 4 members (excludes halogenated alkanes) is 3. The second-order valence-electron chi connectivity index (χ2n) is 11.8. The van der Waals surface area contributed by atoms with E-state index in [9.17, 15) is 4.79 Å². The Morgan fingerprint density at radius 2 is 1.38 bits per heavy atom. The van der Waals surface area contributed by atoms with Crippen molar-refractivity contribution < 1.29 is 28.5 Å². The van der Waals surface area contributed by atoms with E-state index in [4.69, 9.17) is 23.7 Å². The van der Waals surface area contributed by atoms with Crippen LogP contribution in [0.3, 0.4) is 0 Å². The summed E-state index contributed by atoms with van der Waals surface area (Å²) >= 11 is 0. The smallest absolute Gasteiger partial charge is 0.343 e. The summed E-state index contributed by atoms with van der Waals surface area (Å²) in [4.78, 5) is 13.4. The number of carbonyl (C=O) groups excluding carboxylic acids is 1. The minimum Gasteiger partial charge on any atom is -0.497 e. The van der Waals surface area contributed by atoms with E-state index >= 15 is 0 Å². The van der Waals surface area contributed by atoms with Crippen molar-refractivity contribution in [3.8, 4) is 28.7 Å². The Balaban J connectivity index is 1.58. The largest absolute Gasteiger partial charge is 0.497 e. The van der Waals surface area contributed by atoms with Crippen LogP contribution in [0.1, 0.15) is 91.9 Å². The molecule has 1 aliphatic heterocycles. The summed E-state index contributed by atoms with van der Waals surface area (Å²) in [6, 6.07) is 27.7.